The predicted molar refractivity (Wildman–Crippen MR) is 67.0 cm³/mol. The van der Waals surface area contributed by atoms with E-state index in [4.69, 9.17) is 9.84 Å². The van der Waals surface area contributed by atoms with Crippen LogP contribution >= 0.6 is 0 Å². The average molecular weight is 246 g/mol. The highest BCUT2D eigenvalue weighted by Gasteiger charge is 2.13. The van der Waals surface area contributed by atoms with Crippen LogP contribution in [0.2, 0.25) is 0 Å². The van der Waals surface area contributed by atoms with Crippen molar-refractivity contribution >= 4 is 5.97 Å². The van der Waals surface area contributed by atoms with Gasteiger partial charge in [-0.1, -0.05) is 0 Å². The number of H-pyrrole nitrogens is 1. The predicted octanol–water partition coefficient (Wildman–Crippen LogP) is 2.40. The Labute approximate surface area is 104 Å². The van der Waals surface area contributed by atoms with Crippen molar-refractivity contribution in [2.75, 3.05) is 7.11 Å². The summed E-state index contributed by atoms with van der Waals surface area (Å²) in [5.41, 5.74) is 3.63. The summed E-state index contributed by atoms with van der Waals surface area (Å²) in [6.07, 6.45) is 0. The highest BCUT2D eigenvalue weighted by Crippen LogP contribution is 2.29. The van der Waals surface area contributed by atoms with Crippen molar-refractivity contribution in [3.8, 4) is 17.0 Å². The van der Waals surface area contributed by atoms with Crippen molar-refractivity contribution in [2.24, 2.45) is 0 Å². The van der Waals surface area contributed by atoms with Gasteiger partial charge in [0.25, 0.3) is 0 Å². The minimum Gasteiger partial charge on any atom is -0.497 e. The Hall–Kier alpha value is -2.30. The van der Waals surface area contributed by atoms with E-state index in [1.165, 1.54) is 6.07 Å². The number of benzene rings is 1. The molecule has 2 rings (SSSR count). The van der Waals surface area contributed by atoms with E-state index < -0.39 is 5.97 Å². The standard InChI is InChI=1S/C13H14N2O3/c1-7-4-9(18-3)5-8(2)12(7)10-6-11(13(16)17)15-14-10/h4-6H,1-3H3,(H,14,15)(H,16,17). The third-order valence-electron chi connectivity index (χ3n) is 2.81. The Morgan fingerprint density at radius 2 is 1.89 bits per heavy atom. The second kappa shape index (κ2) is 4.52. The zero-order valence-corrected chi connectivity index (χ0v) is 10.4. The number of ether oxygens (including phenoxy) is 1. The average Bonchev–Trinajstić information content (AvgIpc) is 2.77. The number of aromatic amines is 1. The SMILES string of the molecule is COc1cc(C)c(-c2cc(C(=O)O)[nH]n2)c(C)c1. The Kier molecular flexibility index (Phi) is 3.06. The van der Waals surface area contributed by atoms with E-state index in [1.54, 1.807) is 7.11 Å². The summed E-state index contributed by atoms with van der Waals surface area (Å²) >= 11 is 0. The molecule has 0 saturated heterocycles. The number of carboxylic acids is 1. The van der Waals surface area contributed by atoms with Gasteiger partial charge in [0.2, 0.25) is 0 Å². The summed E-state index contributed by atoms with van der Waals surface area (Å²) in [7, 11) is 1.62. The molecule has 0 spiro atoms. The fraction of sp³-hybridized carbons (Fsp3) is 0.231. The molecule has 18 heavy (non-hydrogen) atoms. The van der Waals surface area contributed by atoms with Gasteiger partial charge in [0.15, 0.2) is 0 Å². The maximum absolute atomic E-state index is 10.8. The first kappa shape index (κ1) is 12.2. The molecule has 0 unspecified atom stereocenters. The van der Waals surface area contributed by atoms with Gasteiger partial charge < -0.3 is 9.84 Å². The Bertz CT molecular complexity index is 579. The maximum atomic E-state index is 10.8. The molecule has 1 aromatic carbocycles. The summed E-state index contributed by atoms with van der Waals surface area (Å²) in [6, 6.07) is 5.33. The molecule has 0 aliphatic rings. The van der Waals surface area contributed by atoms with Crippen molar-refractivity contribution in [1.82, 2.24) is 10.2 Å². The first-order chi connectivity index (χ1) is 8.52. The van der Waals surface area contributed by atoms with Gasteiger partial charge in [-0.2, -0.15) is 5.10 Å². The quantitative estimate of drug-likeness (QED) is 0.872. The number of methoxy groups -OCH3 is 1. The molecule has 94 valence electrons. The number of aromatic carboxylic acids is 1. The van der Waals surface area contributed by atoms with Crippen LogP contribution in [0.1, 0.15) is 21.6 Å². The Morgan fingerprint density at radius 3 is 2.33 bits per heavy atom. The number of carbonyl (C=O) groups is 1. The van der Waals surface area contributed by atoms with Crippen LogP contribution in [-0.2, 0) is 0 Å². The molecule has 0 aliphatic carbocycles. The molecule has 1 aromatic heterocycles. The molecule has 0 bridgehead atoms. The van der Waals surface area contributed by atoms with E-state index in [0.29, 0.717) is 5.69 Å². The zero-order valence-electron chi connectivity index (χ0n) is 10.4. The first-order valence-corrected chi connectivity index (χ1v) is 5.47. The zero-order chi connectivity index (χ0) is 13.3. The van der Waals surface area contributed by atoms with E-state index in [1.807, 2.05) is 26.0 Å². The number of hydrogen-bond acceptors (Lipinski definition) is 3. The van der Waals surface area contributed by atoms with Crippen LogP contribution in [0.4, 0.5) is 0 Å². The number of aryl methyl sites for hydroxylation is 2. The number of carboxylic acid groups (broad SMARTS) is 1. The second-order valence-corrected chi connectivity index (χ2v) is 4.11. The molecular formula is C13H14N2O3. The second-order valence-electron chi connectivity index (χ2n) is 4.11. The fourth-order valence-corrected chi connectivity index (χ4v) is 2.01. The summed E-state index contributed by atoms with van der Waals surface area (Å²) < 4.78 is 5.19. The molecule has 0 atom stereocenters. The lowest BCUT2D eigenvalue weighted by Gasteiger charge is -2.09. The Balaban J connectivity index is 2.53. The van der Waals surface area contributed by atoms with Crippen LogP contribution in [0.5, 0.6) is 5.75 Å². The number of rotatable bonds is 3. The smallest absolute Gasteiger partial charge is 0.353 e. The van der Waals surface area contributed by atoms with E-state index in [0.717, 1.165) is 22.4 Å². The lowest BCUT2D eigenvalue weighted by Crippen LogP contribution is -1.95. The topological polar surface area (TPSA) is 75.2 Å². The summed E-state index contributed by atoms with van der Waals surface area (Å²) in [5, 5.41) is 15.4. The first-order valence-electron chi connectivity index (χ1n) is 5.47. The number of hydrogen-bond donors (Lipinski definition) is 2. The molecule has 0 fully saturated rings. The summed E-state index contributed by atoms with van der Waals surface area (Å²) in [4.78, 5) is 10.8. The van der Waals surface area contributed by atoms with Crippen molar-refractivity contribution in [3.05, 3.63) is 35.0 Å². The van der Waals surface area contributed by atoms with Crippen molar-refractivity contribution in [2.45, 2.75) is 13.8 Å². The van der Waals surface area contributed by atoms with Crippen LogP contribution in [-0.4, -0.2) is 28.4 Å². The minimum absolute atomic E-state index is 0.0830. The molecule has 0 aliphatic heterocycles. The Morgan fingerprint density at radius 1 is 1.28 bits per heavy atom. The molecule has 2 aromatic rings. The molecule has 5 heteroatoms. The number of nitrogens with zero attached hydrogens (tertiary/aromatic N) is 1. The van der Waals surface area contributed by atoms with E-state index in [9.17, 15) is 4.79 Å². The lowest BCUT2D eigenvalue weighted by atomic mass is 9.99. The summed E-state index contributed by atoms with van der Waals surface area (Å²) in [6.45, 7) is 3.89. The third-order valence-corrected chi connectivity index (χ3v) is 2.81. The summed E-state index contributed by atoms with van der Waals surface area (Å²) in [5.74, 6) is -0.236. The molecular weight excluding hydrogens is 232 g/mol. The van der Waals surface area contributed by atoms with Gasteiger partial charge in [0.05, 0.1) is 12.8 Å². The highest BCUT2D eigenvalue weighted by molar-refractivity contribution is 5.87. The van der Waals surface area contributed by atoms with Gasteiger partial charge in [0.1, 0.15) is 11.4 Å². The number of nitrogens with one attached hydrogen (secondary N) is 1. The van der Waals surface area contributed by atoms with Crippen molar-refractivity contribution in [3.63, 3.8) is 0 Å². The highest BCUT2D eigenvalue weighted by atomic mass is 16.5. The molecule has 1 heterocycles. The van der Waals surface area contributed by atoms with Gasteiger partial charge in [-0.3, -0.25) is 5.10 Å². The molecule has 2 N–H and O–H groups in total. The lowest BCUT2D eigenvalue weighted by molar-refractivity contribution is 0.0690. The van der Waals surface area contributed by atoms with E-state index >= 15 is 0 Å². The largest absolute Gasteiger partial charge is 0.497 e. The maximum Gasteiger partial charge on any atom is 0.353 e. The van der Waals surface area contributed by atoms with Crippen LogP contribution in [0.15, 0.2) is 18.2 Å². The van der Waals surface area contributed by atoms with Gasteiger partial charge in [0, 0.05) is 5.56 Å². The third kappa shape index (κ3) is 2.07. The van der Waals surface area contributed by atoms with Crippen LogP contribution in [0, 0.1) is 13.8 Å². The molecule has 0 saturated carbocycles. The molecule has 0 amide bonds. The van der Waals surface area contributed by atoms with Crippen molar-refractivity contribution < 1.29 is 14.6 Å². The normalized spacial score (nSPS) is 10.4. The molecule has 5 nitrogen and oxygen atoms in total. The van der Waals surface area contributed by atoms with Crippen LogP contribution in [0.3, 0.4) is 0 Å². The van der Waals surface area contributed by atoms with Crippen LogP contribution in [0.25, 0.3) is 11.3 Å². The monoisotopic (exact) mass is 246 g/mol. The van der Waals surface area contributed by atoms with Gasteiger partial charge >= 0.3 is 5.97 Å². The van der Waals surface area contributed by atoms with E-state index in [-0.39, 0.29) is 5.69 Å². The molecule has 0 radical (unpaired) electrons. The van der Waals surface area contributed by atoms with Gasteiger partial charge in [-0.15, -0.1) is 0 Å². The van der Waals surface area contributed by atoms with Crippen LogP contribution < -0.4 is 4.74 Å². The van der Waals surface area contributed by atoms with Crippen molar-refractivity contribution in [1.29, 1.82) is 0 Å². The minimum atomic E-state index is -1.02. The van der Waals surface area contributed by atoms with Gasteiger partial charge in [-0.05, 0) is 43.2 Å². The van der Waals surface area contributed by atoms with E-state index in [2.05, 4.69) is 10.2 Å². The number of aromatic nitrogens is 2. The van der Waals surface area contributed by atoms with Gasteiger partial charge in [-0.25, -0.2) is 4.79 Å². The fourth-order valence-electron chi connectivity index (χ4n) is 2.01.